The molecule has 0 atom stereocenters. The molecule has 0 bridgehead atoms. The molecule has 0 spiro atoms. The quantitative estimate of drug-likeness (QED) is 0.176. The fraction of sp³-hybridized carbons (Fsp3) is 0. The lowest BCUT2D eigenvalue weighted by molar-refractivity contribution is 0.669. The molecule has 0 amide bonds. The molecule has 0 radical (unpaired) electrons. The zero-order valence-electron chi connectivity index (χ0n) is 35.0. The zero-order valence-corrected chi connectivity index (χ0v) is 30.9. The minimum Gasteiger partial charge on any atom is -0.456 e. The zero-order chi connectivity index (χ0) is 41.8. The minimum absolute atomic E-state index is 0.154. The van der Waals surface area contributed by atoms with Crippen molar-refractivity contribution in [1.29, 1.82) is 0 Å². The van der Waals surface area contributed by atoms with Crippen LogP contribution in [0, 0.1) is 0 Å². The third kappa shape index (κ3) is 5.04. The van der Waals surface area contributed by atoms with Crippen LogP contribution < -0.4 is 0 Å². The van der Waals surface area contributed by atoms with Crippen molar-refractivity contribution in [2.24, 2.45) is 0 Å². The van der Waals surface area contributed by atoms with Gasteiger partial charge in [-0.3, -0.25) is 0 Å². The predicted octanol–water partition coefficient (Wildman–Crippen LogP) is 13.9. The monoisotopic (exact) mass is 751 g/mol. The Morgan fingerprint density at radius 3 is 1.93 bits per heavy atom. The number of benzene rings is 8. The molecule has 0 unspecified atom stereocenters. The fourth-order valence-corrected chi connectivity index (χ4v) is 9.43. The molecule has 6 heteroatoms. The maximum Gasteiger partial charge on any atom is 0.165 e. The summed E-state index contributed by atoms with van der Waals surface area (Å²) in [6.45, 7) is 0. The van der Waals surface area contributed by atoms with Gasteiger partial charge in [-0.1, -0.05) is 127 Å². The van der Waals surface area contributed by atoms with Crippen LogP contribution in [0.5, 0.6) is 0 Å². The van der Waals surface area contributed by atoms with E-state index in [1.807, 2.05) is 103 Å². The van der Waals surface area contributed by atoms with Crippen LogP contribution in [0.1, 0.15) is 6.85 Å². The Morgan fingerprint density at radius 1 is 0.474 bits per heavy atom. The van der Waals surface area contributed by atoms with Gasteiger partial charge in [-0.25, -0.2) is 15.0 Å². The molecule has 8 aromatic carbocycles. The number of para-hydroxylation sites is 3. The lowest BCUT2D eigenvalue weighted by atomic mass is 9.98. The number of thiophene rings is 1. The fourth-order valence-electron chi connectivity index (χ4n) is 8.21. The molecule has 0 aliphatic heterocycles. The van der Waals surface area contributed by atoms with E-state index in [2.05, 4.69) is 53.1 Å². The van der Waals surface area contributed by atoms with Gasteiger partial charge in [0, 0.05) is 64.1 Å². The number of hydrogen-bond acceptors (Lipinski definition) is 5. The largest absolute Gasteiger partial charge is 0.456 e. The van der Waals surface area contributed by atoms with Gasteiger partial charge in [0.15, 0.2) is 17.5 Å². The Labute approximate surface area is 337 Å². The Hall–Kier alpha value is -7.41. The number of nitrogens with zero attached hydrogens (tertiary/aromatic N) is 4. The van der Waals surface area contributed by atoms with Gasteiger partial charge in [0.05, 0.1) is 17.9 Å². The smallest absolute Gasteiger partial charge is 0.165 e. The third-order valence-corrected chi connectivity index (χ3v) is 11.9. The van der Waals surface area contributed by atoms with Crippen LogP contribution in [0.4, 0.5) is 0 Å². The summed E-state index contributed by atoms with van der Waals surface area (Å²) in [5, 5.41) is 5.80. The first-order valence-corrected chi connectivity index (χ1v) is 19.4. The number of fused-ring (bicyclic) bond motifs is 9. The molecule has 4 heterocycles. The topological polar surface area (TPSA) is 56.7 Å². The molecule has 0 saturated carbocycles. The molecule has 0 saturated heterocycles. The normalized spacial score (nSPS) is 13.1. The summed E-state index contributed by atoms with van der Waals surface area (Å²) < 4.78 is 53.7. The summed E-state index contributed by atoms with van der Waals surface area (Å²) in [7, 11) is 0. The van der Waals surface area contributed by atoms with Gasteiger partial charge in [-0.2, -0.15) is 0 Å². The first-order valence-electron chi connectivity index (χ1n) is 21.1. The van der Waals surface area contributed by atoms with Crippen molar-refractivity contribution >= 4 is 75.3 Å². The van der Waals surface area contributed by atoms with Gasteiger partial charge < -0.3 is 8.98 Å². The van der Waals surface area contributed by atoms with Gasteiger partial charge in [0.25, 0.3) is 0 Å². The van der Waals surface area contributed by atoms with Crippen molar-refractivity contribution in [3.8, 4) is 51.0 Å². The number of furan rings is 1. The van der Waals surface area contributed by atoms with Crippen molar-refractivity contribution in [3.05, 3.63) is 182 Å². The Morgan fingerprint density at radius 2 is 1.14 bits per heavy atom. The highest BCUT2D eigenvalue weighted by Crippen LogP contribution is 2.46. The highest BCUT2D eigenvalue weighted by molar-refractivity contribution is 7.26. The standard InChI is InChI=1S/C51H30N4OS/c1-3-14-31(15-4-1)35-21-13-25-46-47(35)40-29-34(55-42-22-10-7-18-36(42)37-19-8-11-23-43(37)55)30-41(48(40)57-46)51-53-49(32-16-5-2-6-17-32)52-50(54-51)33-26-27-45-39(28-33)38-20-9-12-24-44(38)56-45/h1-30H/i1D,3D,4D,14D,15D. The van der Waals surface area contributed by atoms with E-state index in [0.29, 0.717) is 23.0 Å². The van der Waals surface area contributed by atoms with Crippen LogP contribution in [0.2, 0.25) is 0 Å². The predicted molar refractivity (Wildman–Crippen MR) is 236 cm³/mol. The average molecular weight is 752 g/mol. The molecule has 12 aromatic rings. The average Bonchev–Trinajstić information content (AvgIpc) is 4.00. The first-order chi connectivity index (χ1) is 30.3. The minimum atomic E-state index is -0.429. The van der Waals surface area contributed by atoms with Crippen LogP contribution in [0.25, 0.3) is 115 Å². The van der Waals surface area contributed by atoms with Crippen molar-refractivity contribution in [2.75, 3.05) is 0 Å². The molecule has 0 aliphatic carbocycles. The van der Waals surface area contributed by atoms with Crippen molar-refractivity contribution < 1.29 is 11.3 Å². The van der Waals surface area contributed by atoms with E-state index in [-0.39, 0.29) is 29.7 Å². The van der Waals surface area contributed by atoms with E-state index >= 15 is 0 Å². The van der Waals surface area contributed by atoms with Crippen LogP contribution in [0.3, 0.4) is 0 Å². The molecular formula is C51H30N4OS. The second-order valence-electron chi connectivity index (χ2n) is 14.0. The van der Waals surface area contributed by atoms with Crippen molar-refractivity contribution in [1.82, 2.24) is 19.5 Å². The van der Waals surface area contributed by atoms with Gasteiger partial charge in [0.2, 0.25) is 0 Å². The van der Waals surface area contributed by atoms with Crippen LogP contribution in [0.15, 0.2) is 186 Å². The van der Waals surface area contributed by atoms with Crippen LogP contribution >= 0.6 is 11.3 Å². The molecule has 0 N–H and O–H groups in total. The van der Waals surface area contributed by atoms with Gasteiger partial charge in [-0.05, 0) is 65.7 Å². The van der Waals surface area contributed by atoms with Gasteiger partial charge in [0.1, 0.15) is 11.2 Å². The first kappa shape index (κ1) is 27.2. The molecule has 57 heavy (non-hydrogen) atoms. The molecule has 12 rings (SSSR count). The number of rotatable bonds is 5. The van der Waals surface area contributed by atoms with E-state index in [1.165, 1.54) is 0 Å². The van der Waals surface area contributed by atoms with E-state index in [1.54, 1.807) is 11.3 Å². The van der Waals surface area contributed by atoms with E-state index in [4.69, 9.17) is 26.2 Å². The van der Waals surface area contributed by atoms with Gasteiger partial charge >= 0.3 is 0 Å². The second kappa shape index (κ2) is 12.6. The third-order valence-electron chi connectivity index (χ3n) is 10.7. The summed E-state index contributed by atoms with van der Waals surface area (Å²) in [5.74, 6) is 1.48. The highest BCUT2D eigenvalue weighted by Gasteiger charge is 2.22. The van der Waals surface area contributed by atoms with Crippen molar-refractivity contribution in [3.63, 3.8) is 0 Å². The van der Waals surface area contributed by atoms with Gasteiger partial charge in [-0.15, -0.1) is 11.3 Å². The Bertz CT molecular complexity index is 3760. The molecule has 0 aliphatic rings. The van der Waals surface area contributed by atoms with E-state index in [9.17, 15) is 0 Å². The van der Waals surface area contributed by atoms with E-state index in [0.717, 1.165) is 86.3 Å². The van der Waals surface area contributed by atoms with Crippen molar-refractivity contribution in [2.45, 2.75) is 0 Å². The summed E-state index contributed by atoms with van der Waals surface area (Å²) >= 11 is 1.56. The molecule has 0 fully saturated rings. The molecule has 5 nitrogen and oxygen atoms in total. The number of hydrogen-bond donors (Lipinski definition) is 0. The highest BCUT2D eigenvalue weighted by atomic mass is 32.1. The molecule has 4 aromatic heterocycles. The second-order valence-corrected chi connectivity index (χ2v) is 15.1. The Kier molecular flexibility index (Phi) is 6.00. The summed E-state index contributed by atoms with van der Waals surface area (Å²) in [6.07, 6.45) is 0. The Balaban J connectivity index is 1.20. The number of aromatic nitrogens is 4. The summed E-state index contributed by atoms with van der Waals surface area (Å²) in [5.41, 5.74) is 7.59. The lowest BCUT2D eigenvalue weighted by Gasteiger charge is -2.13. The summed E-state index contributed by atoms with van der Waals surface area (Å²) in [6, 6.07) is 48.9. The SMILES string of the molecule is [2H]c1c([2H])c([2H])c(-c2cccc3sc4c(-c5nc(-c6ccccc6)nc(-c6ccc7oc8ccccc8c7c6)n5)cc(-n5c6ccccc6c6ccccc65)cc4c23)c([2H])c1[2H]. The molecular weight excluding hydrogens is 717 g/mol. The van der Waals surface area contributed by atoms with Crippen LogP contribution in [-0.2, 0) is 0 Å². The maximum absolute atomic E-state index is 9.01. The molecule has 266 valence electrons. The van der Waals surface area contributed by atoms with Crippen LogP contribution in [-0.4, -0.2) is 19.5 Å². The lowest BCUT2D eigenvalue weighted by Crippen LogP contribution is -2.01. The maximum atomic E-state index is 9.01. The van der Waals surface area contributed by atoms with E-state index < -0.39 is 6.04 Å². The summed E-state index contributed by atoms with van der Waals surface area (Å²) in [4.78, 5) is 15.6.